The number of amides is 1. The van der Waals surface area contributed by atoms with E-state index in [4.69, 9.17) is 5.11 Å². The third-order valence-electron chi connectivity index (χ3n) is 3.24. The van der Waals surface area contributed by atoms with E-state index in [2.05, 4.69) is 13.8 Å². The summed E-state index contributed by atoms with van der Waals surface area (Å²) in [5.74, 6) is 0.101. The molecule has 0 aromatic heterocycles. The lowest BCUT2D eigenvalue weighted by molar-refractivity contribution is -0.133. The molecule has 100 valence electrons. The van der Waals surface area contributed by atoms with Gasteiger partial charge in [-0.25, -0.2) is 0 Å². The molecule has 0 fully saturated rings. The average Bonchev–Trinajstić information content (AvgIpc) is 2.40. The Morgan fingerprint density at radius 2 is 1.83 bits per heavy atom. The number of carbonyl (C=O) groups excluding carboxylic acids is 1. The molecular weight excluding hydrogens is 226 g/mol. The monoisotopic (exact) mass is 249 g/mol. The van der Waals surface area contributed by atoms with E-state index in [9.17, 15) is 4.79 Å². The van der Waals surface area contributed by atoms with Crippen molar-refractivity contribution in [3.63, 3.8) is 0 Å². The topological polar surface area (TPSA) is 40.5 Å². The molecule has 18 heavy (non-hydrogen) atoms. The second-order valence-corrected chi connectivity index (χ2v) is 4.44. The molecule has 0 saturated carbocycles. The van der Waals surface area contributed by atoms with Crippen molar-refractivity contribution in [3.8, 4) is 0 Å². The molecule has 0 heterocycles. The van der Waals surface area contributed by atoms with Gasteiger partial charge in [0.15, 0.2) is 0 Å². The van der Waals surface area contributed by atoms with E-state index in [-0.39, 0.29) is 18.6 Å². The summed E-state index contributed by atoms with van der Waals surface area (Å²) in [7, 11) is 0. The first-order valence-corrected chi connectivity index (χ1v) is 6.67. The van der Waals surface area contributed by atoms with Crippen LogP contribution in [0.2, 0.25) is 0 Å². The zero-order valence-electron chi connectivity index (χ0n) is 11.3. The number of hydrogen-bond acceptors (Lipinski definition) is 2. The van der Waals surface area contributed by atoms with Crippen LogP contribution in [0, 0.1) is 0 Å². The predicted molar refractivity (Wildman–Crippen MR) is 73.3 cm³/mol. The summed E-state index contributed by atoms with van der Waals surface area (Å²) < 4.78 is 0. The Labute approximate surface area is 109 Å². The molecule has 1 rings (SSSR count). The third-order valence-corrected chi connectivity index (χ3v) is 3.24. The maximum absolute atomic E-state index is 12.3. The standard InChI is InChI=1S/C15H23NO2/c1-3-14(4-2)16(10-11-17)15(18)12-13-8-6-5-7-9-13/h5-9,14,17H,3-4,10-12H2,1-2H3. The molecule has 1 aromatic carbocycles. The van der Waals surface area contributed by atoms with Gasteiger partial charge >= 0.3 is 0 Å². The van der Waals surface area contributed by atoms with Crippen LogP contribution in [0.5, 0.6) is 0 Å². The van der Waals surface area contributed by atoms with Crippen molar-refractivity contribution in [2.75, 3.05) is 13.2 Å². The molecule has 0 aliphatic rings. The smallest absolute Gasteiger partial charge is 0.227 e. The number of aliphatic hydroxyl groups is 1. The lowest BCUT2D eigenvalue weighted by atomic mass is 10.1. The van der Waals surface area contributed by atoms with Crippen molar-refractivity contribution in [2.45, 2.75) is 39.2 Å². The molecule has 1 amide bonds. The van der Waals surface area contributed by atoms with E-state index >= 15 is 0 Å². The molecule has 0 saturated heterocycles. The summed E-state index contributed by atoms with van der Waals surface area (Å²) in [6.45, 7) is 4.61. The molecule has 0 spiro atoms. The zero-order valence-corrected chi connectivity index (χ0v) is 11.3. The number of rotatable bonds is 7. The maximum Gasteiger partial charge on any atom is 0.227 e. The molecule has 0 bridgehead atoms. The van der Waals surface area contributed by atoms with E-state index in [0.29, 0.717) is 13.0 Å². The van der Waals surface area contributed by atoms with Crippen molar-refractivity contribution in [3.05, 3.63) is 35.9 Å². The second-order valence-electron chi connectivity index (χ2n) is 4.44. The molecule has 0 aliphatic heterocycles. The van der Waals surface area contributed by atoms with Gasteiger partial charge in [0, 0.05) is 12.6 Å². The number of carbonyl (C=O) groups is 1. The molecule has 0 radical (unpaired) electrons. The van der Waals surface area contributed by atoms with Gasteiger partial charge in [0.05, 0.1) is 13.0 Å². The number of hydrogen-bond donors (Lipinski definition) is 1. The highest BCUT2D eigenvalue weighted by Crippen LogP contribution is 2.11. The van der Waals surface area contributed by atoms with Gasteiger partial charge in [-0.15, -0.1) is 0 Å². The fourth-order valence-electron chi connectivity index (χ4n) is 2.22. The van der Waals surface area contributed by atoms with Crippen LogP contribution in [-0.2, 0) is 11.2 Å². The van der Waals surface area contributed by atoms with Gasteiger partial charge in [-0.3, -0.25) is 4.79 Å². The van der Waals surface area contributed by atoms with Crippen LogP contribution in [0.1, 0.15) is 32.3 Å². The summed E-state index contributed by atoms with van der Waals surface area (Å²) >= 11 is 0. The number of nitrogens with zero attached hydrogens (tertiary/aromatic N) is 1. The zero-order chi connectivity index (χ0) is 13.4. The van der Waals surface area contributed by atoms with Gasteiger partial charge in [0.2, 0.25) is 5.91 Å². The Bertz CT molecular complexity index is 347. The van der Waals surface area contributed by atoms with Crippen LogP contribution in [0.15, 0.2) is 30.3 Å². The Morgan fingerprint density at radius 1 is 1.22 bits per heavy atom. The van der Waals surface area contributed by atoms with Gasteiger partial charge in [0.1, 0.15) is 0 Å². The largest absolute Gasteiger partial charge is 0.395 e. The fraction of sp³-hybridized carbons (Fsp3) is 0.533. The van der Waals surface area contributed by atoms with E-state index in [0.717, 1.165) is 18.4 Å². The van der Waals surface area contributed by atoms with Crippen molar-refractivity contribution >= 4 is 5.91 Å². The Balaban J connectivity index is 2.70. The maximum atomic E-state index is 12.3. The Morgan fingerprint density at radius 3 is 2.33 bits per heavy atom. The van der Waals surface area contributed by atoms with Crippen LogP contribution in [0.3, 0.4) is 0 Å². The molecule has 3 nitrogen and oxygen atoms in total. The highest BCUT2D eigenvalue weighted by Gasteiger charge is 2.20. The summed E-state index contributed by atoms with van der Waals surface area (Å²) in [5.41, 5.74) is 1.02. The van der Waals surface area contributed by atoms with Crippen LogP contribution in [0.25, 0.3) is 0 Å². The van der Waals surface area contributed by atoms with Gasteiger partial charge in [-0.2, -0.15) is 0 Å². The average molecular weight is 249 g/mol. The van der Waals surface area contributed by atoms with Gasteiger partial charge in [-0.1, -0.05) is 44.2 Å². The quantitative estimate of drug-likeness (QED) is 0.805. The van der Waals surface area contributed by atoms with Crippen molar-refractivity contribution in [2.24, 2.45) is 0 Å². The normalized spacial score (nSPS) is 10.7. The lowest BCUT2D eigenvalue weighted by Crippen LogP contribution is -2.42. The van der Waals surface area contributed by atoms with Crippen LogP contribution < -0.4 is 0 Å². The highest BCUT2D eigenvalue weighted by molar-refractivity contribution is 5.79. The highest BCUT2D eigenvalue weighted by atomic mass is 16.3. The van der Waals surface area contributed by atoms with Crippen molar-refractivity contribution in [1.29, 1.82) is 0 Å². The van der Waals surface area contributed by atoms with E-state index in [1.807, 2.05) is 35.2 Å². The molecule has 0 unspecified atom stereocenters. The molecule has 1 N–H and O–H groups in total. The van der Waals surface area contributed by atoms with Gasteiger partial charge in [-0.05, 0) is 18.4 Å². The summed E-state index contributed by atoms with van der Waals surface area (Å²) in [5, 5.41) is 9.10. The minimum Gasteiger partial charge on any atom is -0.395 e. The van der Waals surface area contributed by atoms with E-state index in [1.54, 1.807) is 0 Å². The first-order chi connectivity index (χ1) is 8.72. The fourth-order valence-corrected chi connectivity index (χ4v) is 2.22. The number of benzene rings is 1. The minimum absolute atomic E-state index is 0.0248. The minimum atomic E-state index is 0.0248. The summed E-state index contributed by atoms with van der Waals surface area (Å²) in [6.07, 6.45) is 2.27. The third kappa shape index (κ3) is 4.15. The summed E-state index contributed by atoms with van der Waals surface area (Å²) in [6, 6.07) is 9.98. The van der Waals surface area contributed by atoms with Gasteiger partial charge < -0.3 is 10.0 Å². The van der Waals surface area contributed by atoms with Crippen LogP contribution >= 0.6 is 0 Å². The first kappa shape index (κ1) is 14.7. The first-order valence-electron chi connectivity index (χ1n) is 6.67. The predicted octanol–water partition coefficient (Wildman–Crippen LogP) is 2.24. The summed E-state index contributed by atoms with van der Waals surface area (Å²) in [4.78, 5) is 14.1. The number of aliphatic hydroxyl groups excluding tert-OH is 1. The van der Waals surface area contributed by atoms with Crippen molar-refractivity contribution < 1.29 is 9.90 Å². The Hall–Kier alpha value is -1.35. The van der Waals surface area contributed by atoms with Crippen LogP contribution in [0.4, 0.5) is 0 Å². The van der Waals surface area contributed by atoms with Crippen molar-refractivity contribution in [1.82, 2.24) is 4.90 Å². The Kier molecular flexibility index (Phi) is 6.44. The molecule has 1 aromatic rings. The molecule has 0 atom stereocenters. The molecule has 0 aliphatic carbocycles. The molecular formula is C15H23NO2. The second kappa shape index (κ2) is 7.88. The lowest BCUT2D eigenvalue weighted by Gasteiger charge is -2.30. The van der Waals surface area contributed by atoms with E-state index in [1.165, 1.54) is 0 Å². The SMILES string of the molecule is CCC(CC)N(CCO)C(=O)Cc1ccccc1. The van der Waals surface area contributed by atoms with Gasteiger partial charge in [0.25, 0.3) is 0 Å². The molecule has 3 heteroatoms. The van der Waals surface area contributed by atoms with E-state index < -0.39 is 0 Å². The van der Waals surface area contributed by atoms with Crippen LogP contribution in [-0.4, -0.2) is 35.1 Å².